The van der Waals surface area contributed by atoms with E-state index in [2.05, 4.69) is 47.9 Å². The van der Waals surface area contributed by atoms with Crippen molar-refractivity contribution in [3.05, 3.63) is 130 Å². The van der Waals surface area contributed by atoms with Crippen molar-refractivity contribution in [2.45, 2.75) is 119 Å². The van der Waals surface area contributed by atoms with Crippen molar-refractivity contribution >= 4 is 98.2 Å². The van der Waals surface area contributed by atoms with E-state index in [9.17, 15) is 68.1 Å². The molecule has 1 fully saturated rings. The van der Waals surface area contributed by atoms with E-state index in [1.807, 2.05) is 0 Å². The highest BCUT2D eigenvalue weighted by Gasteiger charge is 2.37. The highest BCUT2D eigenvalue weighted by Crippen LogP contribution is 2.25. The minimum absolute atomic E-state index is 0.0416. The maximum atomic E-state index is 15.0. The van der Waals surface area contributed by atoms with Gasteiger partial charge in [-0.25, -0.2) is 0 Å². The summed E-state index contributed by atoms with van der Waals surface area (Å²) in [6, 6.07) is 11.0. The molecule has 0 aromatic heterocycles. The van der Waals surface area contributed by atoms with Crippen LogP contribution in [0.15, 0.2) is 97.1 Å². The molecule has 468 valence electrons. The summed E-state index contributed by atoms with van der Waals surface area (Å²) < 4.78 is 0. The number of unbranched alkanes of at least 4 members (excludes halogenated alkanes) is 1. The van der Waals surface area contributed by atoms with Crippen molar-refractivity contribution in [2.75, 3.05) is 25.1 Å². The van der Waals surface area contributed by atoms with Crippen LogP contribution >= 0.6 is 33.2 Å². The van der Waals surface area contributed by atoms with Crippen LogP contribution in [0, 0.1) is 0 Å². The SMILES string of the molecule is CNCCCC[C@@H]1NC(=O)[C@@H](Cc2ccc(C(N)=O)cc2)NC(=O)[C@H](Cc2ccc(O)cc2)NC(=O)[C@H](NC(=O)[C@H](Cc2ccc(Cl)cc2)NC(=O)CCC(N)=O)CSSC[C@@H](C(=O)N[C@H](Cc2ccc(O)cc2)C(N)=O)NC(=O)C(C(C)O)NC1=O. The summed E-state index contributed by atoms with van der Waals surface area (Å²) in [7, 11) is 3.49. The molecule has 0 bridgehead atoms. The van der Waals surface area contributed by atoms with E-state index in [4.69, 9.17) is 28.8 Å². The standard InChI is InChI=1S/C58H73ClN12O14S2/c1-31(72)49-58(85)70-46(56(83)66-41(51(62)78)25-34-10-18-38(73)19-11-34)30-87-86-29-45(69-53(80)42(64-48(76)23-22-47(60)75)26-33-8-16-37(59)17-9-33)57(84)68-44(28-35-12-20-39(74)21-13-35)55(82)67-43(27-32-6-14-36(15-7-32)50(61)77)54(81)65-40(52(79)71-49)5-3-4-24-63-2/h6-21,31,40-46,49,63,72-74H,3-5,22-30H2,1-2H3,(H2,60,75)(H2,61,77)(H2,62,78)(H,64,76)(H,65,81)(H,66,83)(H,67,82)(H,68,84)(H,69,80)(H,70,85)(H,71,79)/t31?,40-,41+,42-,43+,44-,45+,46-,49?/m0/s1. The van der Waals surface area contributed by atoms with Crippen molar-refractivity contribution in [2.24, 2.45) is 17.2 Å². The van der Waals surface area contributed by atoms with Gasteiger partial charge < -0.3 is 80.4 Å². The number of nitrogens with two attached hydrogens (primary N) is 3. The third kappa shape index (κ3) is 23.4. The molecule has 1 heterocycles. The minimum Gasteiger partial charge on any atom is -0.508 e. The van der Waals surface area contributed by atoms with Gasteiger partial charge in [-0.15, -0.1) is 0 Å². The van der Waals surface area contributed by atoms with Gasteiger partial charge in [-0.2, -0.15) is 0 Å². The third-order valence-corrected chi connectivity index (χ3v) is 16.3. The van der Waals surface area contributed by atoms with Gasteiger partial charge in [0.05, 0.1) is 6.10 Å². The monoisotopic (exact) mass is 1260 g/mol. The molecule has 87 heavy (non-hydrogen) atoms. The smallest absolute Gasteiger partial charge is 0.248 e. The molecule has 4 aromatic carbocycles. The Hall–Kier alpha value is -8.44. The maximum absolute atomic E-state index is 15.0. The zero-order chi connectivity index (χ0) is 63.7. The van der Waals surface area contributed by atoms with E-state index in [-0.39, 0.29) is 67.1 Å². The van der Waals surface area contributed by atoms with Crippen molar-refractivity contribution in [3.63, 3.8) is 0 Å². The summed E-state index contributed by atoms with van der Waals surface area (Å²) >= 11 is 6.15. The second-order valence-corrected chi connectivity index (χ2v) is 23.6. The van der Waals surface area contributed by atoms with E-state index < -0.39 is 126 Å². The molecule has 18 N–H and O–H groups in total. The third-order valence-electron chi connectivity index (χ3n) is 13.6. The average Bonchev–Trinajstić information content (AvgIpc) is 2.44. The van der Waals surface area contributed by atoms with Gasteiger partial charge in [-0.1, -0.05) is 81.7 Å². The van der Waals surface area contributed by atoms with Gasteiger partial charge in [0.2, 0.25) is 65.0 Å². The Labute approximate surface area is 514 Å². The van der Waals surface area contributed by atoms with Crippen LogP contribution in [0.2, 0.25) is 5.02 Å². The number of hydrogen-bond acceptors (Lipinski definition) is 17. The number of aromatic hydroxyl groups is 2. The van der Waals surface area contributed by atoms with Crippen LogP contribution in [0.5, 0.6) is 11.5 Å². The summed E-state index contributed by atoms with van der Waals surface area (Å²) in [6.07, 6.45) is -2.52. The number of primary amides is 3. The molecule has 2 unspecified atom stereocenters. The summed E-state index contributed by atoms with van der Waals surface area (Å²) in [5.41, 5.74) is 18.5. The molecule has 0 radical (unpaired) electrons. The first-order chi connectivity index (χ1) is 41.4. The van der Waals surface area contributed by atoms with Crippen LogP contribution in [0.25, 0.3) is 0 Å². The molecule has 1 saturated heterocycles. The lowest BCUT2D eigenvalue weighted by Gasteiger charge is -2.29. The molecule has 11 amide bonds. The number of aliphatic hydroxyl groups excluding tert-OH is 1. The normalized spacial score (nSPS) is 20.1. The van der Waals surface area contributed by atoms with Crippen molar-refractivity contribution in [1.82, 2.24) is 47.9 Å². The van der Waals surface area contributed by atoms with E-state index in [0.29, 0.717) is 46.7 Å². The van der Waals surface area contributed by atoms with Crippen LogP contribution in [0.1, 0.15) is 71.6 Å². The number of halogens is 1. The first-order valence-corrected chi connectivity index (χ1v) is 30.5. The fourth-order valence-electron chi connectivity index (χ4n) is 8.79. The molecule has 29 heteroatoms. The molecule has 5 rings (SSSR count). The van der Waals surface area contributed by atoms with Gasteiger partial charge in [0.25, 0.3) is 0 Å². The average molecular weight is 1260 g/mol. The van der Waals surface area contributed by atoms with E-state index in [0.717, 1.165) is 21.6 Å². The van der Waals surface area contributed by atoms with Crippen molar-refractivity contribution in [1.29, 1.82) is 0 Å². The lowest BCUT2D eigenvalue weighted by Crippen LogP contribution is -2.62. The van der Waals surface area contributed by atoms with Crippen LogP contribution in [0.3, 0.4) is 0 Å². The lowest BCUT2D eigenvalue weighted by molar-refractivity contribution is -0.136. The fraction of sp³-hybridized carbons (Fsp3) is 0.397. The second kappa shape index (κ2) is 34.6. The van der Waals surface area contributed by atoms with Gasteiger partial charge >= 0.3 is 0 Å². The van der Waals surface area contributed by atoms with Crippen molar-refractivity contribution in [3.8, 4) is 11.5 Å². The highest BCUT2D eigenvalue weighted by atomic mass is 35.5. The number of nitrogens with one attached hydrogen (secondary N) is 9. The predicted octanol–water partition coefficient (Wildman–Crippen LogP) is -1.08. The second-order valence-electron chi connectivity index (χ2n) is 20.6. The molecular formula is C58H73ClN12O14S2. The molecule has 4 aromatic rings. The summed E-state index contributed by atoms with van der Waals surface area (Å²) in [4.78, 5) is 152. The zero-order valence-electron chi connectivity index (χ0n) is 47.7. The molecule has 0 saturated carbocycles. The van der Waals surface area contributed by atoms with E-state index in [1.165, 1.54) is 79.7 Å². The van der Waals surface area contributed by atoms with Gasteiger partial charge in [0.15, 0.2) is 0 Å². The van der Waals surface area contributed by atoms with Crippen molar-refractivity contribution < 1.29 is 68.1 Å². The summed E-state index contributed by atoms with van der Waals surface area (Å²) in [6.45, 7) is 1.70. The Kier molecular flexibility index (Phi) is 27.6. The highest BCUT2D eigenvalue weighted by molar-refractivity contribution is 8.76. The number of carbonyl (C=O) groups is 11. The largest absolute Gasteiger partial charge is 0.508 e. The quantitative estimate of drug-likeness (QED) is 0.0293. The summed E-state index contributed by atoms with van der Waals surface area (Å²) in [5, 5.41) is 55.4. The lowest BCUT2D eigenvalue weighted by atomic mass is 10.00. The Morgan fingerprint density at radius 2 is 1.11 bits per heavy atom. The van der Waals surface area contributed by atoms with E-state index in [1.54, 1.807) is 31.3 Å². The topological polar surface area (TPSA) is 435 Å². The number of aliphatic hydroxyl groups is 1. The zero-order valence-corrected chi connectivity index (χ0v) is 50.1. The summed E-state index contributed by atoms with van der Waals surface area (Å²) in [5.74, 6) is -11.0. The number of benzene rings is 4. The van der Waals surface area contributed by atoms with Crippen LogP contribution in [0.4, 0.5) is 0 Å². The van der Waals surface area contributed by atoms with Gasteiger partial charge in [-0.05, 0) is 111 Å². The molecule has 0 aliphatic carbocycles. The van der Waals surface area contributed by atoms with Crippen LogP contribution < -0.4 is 65.1 Å². The Bertz CT molecular complexity index is 3060. The number of amides is 11. The molecule has 26 nitrogen and oxygen atoms in total. The molecular weight excluding hydrogens is 1190 g/mol. The number of phenolic OH excluding ortho intramolecular Hbond substituents is 2. The Balaban J connectivity index is 1.63. The van der Waals surface area contributed by atoms with Gasteiger partial charge in [0, 0.05) is 60.6 Å². The van der Waals surface area contributed by atoms with E-state index >= 15 is 0 Å². The number of hydrogen-bond donors (Lipinski definition) is 15. The first kappa shape index (κ1) is 69.3. The van der Waals surface area contributed by atoms with Gasteiger partial charge in [0.1, 0.15) is 59.8 Å². The van der Waals surface area contributed by atoms with Gasteiger partial charge in [-0.3, -0.25) is 52.7 Å². The number of carbonyl (C=O) groups excluding carboxylic acids is 11. The fourth-order valence-corrected chi connectivity index (χ4v) is 11.2. The molecule has 1 aliphatic heterocycles. The molecule has 1 aliphatic rings. The number of rotatable bonds is 24. The first-order valence-electron chi connectivity index (χ1n) is 27.6. The molecule has 9 atom stereocenters. The maximum Gasteiger partial charge on any atom is 0.248 e. The Morgan fingerprint density at radius 3 is 1.66 bits per heavy atom. The number of phenols is 2. The van der Waals surface area contributed by atoms with Crippen LogP contribution in [-0.2, 0) is 73.6 Å². The molecule has 0 spiro atoms. The Morgan fingerprint density at radius 1 is 0.609 bits per heavy atom. The predicted molar refractivity (Wildman–Crippen MR) is 325 cm³/mol. The minimum atomic E-state index is -1.79. The van der Waals surface area contributed by atoms with Crippen LogP contribution in [-0.4, -0.2) is 160 Å².